The Morgan fingerprint density at radius 1 is 1.11 bits per heavy atom. The first-order valence-corrected chi connectivity index (χ1v) is 12.4. The van der Waals surface area contributed by atoms with Crippen LogP contribution in [0, 0.1) is 6.92 Å². The van der Waals surface area contributed by atoms with Crippen LogP contribution in [0.2, 0.25) is 5.02 Å². The minimum atomic E-state index is -5.00. The summed E-state index contributed by atoms with van der Waals surface area (Å²) >= 11 is 6.22. The number of nitrogens with one attached hydrogen (secondary N) is 1. The molecule has 4 rings (SSSR count). The summed E-state index contributed by atoms with van der Waals surface area (Å²) in [4.78, 5) is 20.7. The maximum absolute atomic E-state index is 13.8. The maximum atomic E-state index is 13.8. The van der Waals surface area contributed by atoms with Gasteiger partial charge in [0.25, 0.3) is 5.91 Å². The molecule has 3 heterocycles. The van der Waals surface area contributed by atoms with Gasteiger partial charge >= 0.3 is 12.4 Å². The molecule has 0 radical (unpaired) electrons. The Balaban J connectivity index is 1.82. The van der Waals surface area contributed by atoms with Crippen LogP contribution in [0.15, 0.2) is 34.7 Å². The molecule has 9 nitrogen and oxygen atoms in total. The number of sulfonamides is 1. The molecule has 0 saturated carbocycles. The van der Waals surface area contributed by atoms with Crippen LogP contribution in [0.4, 0.5) is 31.5 Å². The number of nitrogens with two attached hydrogens (primary N) is 1. The van der Waals surface area contributed by atoms with E-state index in [0.29, 0.717) is 28.0 Å². The number of halogens is 7. The molecule has 0 unspecified atom stereocenters. The zero-order valence-electron chi connectivity index (χ0n) is 17.9. The van der Waals surface area contributed by atoms with E-state index in [-0.39, 0.29) is 20.6 Å². The summed E-state index contributed by atoms with van der Waals surface area (Å²) in [5.41, 5.74) is -4.25. The van der Waals surface area contributed by atoms with E-state index < -0.39 is 61.5 Å². The van der Waals surface area contributed by atoms with Gasteiger partial charge in [-0.3, -0.25) is 10.1 Å². The topological polar surface area (TPSA) is 132 Å². The van der Waals surface area contributed by atoms with E-state index in [4.69, 9.17) is 16.7 Å². The molecule has 3 N–H and O–H groups in total. The number of hydrogen-bond acceptors (Lipinski definition) is 7. The first-order valence-electron chi connectivity index (χ1n) is 9.61. The number of nitrogens with zero attached hydrogens (tertiary/aromatic N) is 4. The van der Waals surface area contributed by atoms with Crippen LogP contribution in [0.5, 0.6) is 0 Å². The highest BCUT2D eigenvalue weighted by molar-refractivity contribution is 7.91. The summed E-state index contributed by atoms with van der Waals surface area (Å²) in [7, 11) is -4.14. The largest absolute Gasteiger partial charge is 0.433 e. The lowest BCUT2D eigenvalue weighted by molar-refractivity contribution is -0.142. The van der Waals surface area contributed by atoms with E-state index in [1.807, 2.05) is 0 Å². The van der Waals surface area contributed by atoms with Crippen molar-refractivity contribution in [2.75, 3.05) is 5.32 Å². The number of benzene rings is 1. The zero-order chi connectivity index (χ0) is 27.5. The minimum Gasteiger partial charge on any atom is -0.298 e. The number of amides is 1. The number of aromatic nitrogens is 4. The van der Waals surface area contributed by atoms with Crippen molar-refractivity contribution in [2.24, 2.45) is 5.14 Å². The Morgan fingerprint density at radius 2 is 1.78 bits per heavy atom. The Bertz CT molecular complexity index is 1660. The van der Waals surface area contributed by atoms with E-state index in [2.05, 4.69) is 20.4 Å². The van der Waals surface area contributed by atoms with Crippen molar-refractivity contribution in [1.29, 1.82) is 0 Å². The highest BCUT2D eigenvalue weighted by atomic mass is 35.5. The maximum Gasteiger partial charge on any atom is 0.433 e. The molecule has 1 amide bonds. The van der Waals surface area contributed by atoms with Crippen LogP contribution in [-0.4, -0.2) is 33.9 Å². The molecule has 0 bridgehead atoms. The SMILES string of the molecule is Cc1nc(NC(=O)c2cnn3c(C(F)(F)F)cc(-c4ccc(C(F)(F)F)c(Cl)c4)nc23)sc1S(N)(=O)=O. The van der Waals surface area contributed by atoms with Crippen molar-refractivity contribution in [2.45, 2.75) is 23.5 Å². The molecule has 0 saturated heterocycles. The second kappa shape index (κ2) is 8.93. The van der Waals surface area contributed by atoms with Gasteiger partial charge in [0.1, 0.15) is 5.56 Å². The van der Waals surface area contributed by atoms with Crippen molar-refractivity contribution >= 4 is 49.6 Å². The van der Waals surface area contributed by atoms with Gasteiger partial charge in [-0.25, -0.2) is 28.0 Å². The summed E-state index contributed by atoms with van der Waals surface area (Å²) < 4.78 is 104. The Morgan fingerprint density at radius 3 is 2.32 bits per heavy atom. The van der Waals surface area contributed by atoms with Crippen LogP contribution in [0.3, 0.4) is 0 Å². The van der Waals surface area contributed by atoms with E-state index in [1.54, 1.807) is 0 Å². The lowest BCUT2D eigenvalue weighted by atomic mass is 10.1. The van der Waals surface area contributed by atoms with Crippen molar-refractivity contribution in [1.82, 2.24) is 19.6 Å². The third-order valence-electron chi connectivity index (χ3n) is 4.81. The molecule has 0 aliphatic heterocycles. The molecule has 18 heteroatoms. The molecule has 0 fully saturated rings. The fourth-order valence-electron chi connectivity index (χ4n) is 3.24. The number of hydrogen-bond donors (Lipinski definition) is 2. The van der Waals surface area contributed by atoms with Crippen molar-refractivity contribution in [3.05, 3.63) is 58.0 Å². The van der Waals surface area contributed by atoms with E-state index in [1.165, 1.54) is 6.92 Å². The number of aryl methyl sites for hydroxylation is 1. The van der Waals surface area contributed by atoms with Gasteiger partial charge in [-0.15, -0.1) is 0 Å². The van der Waals surface area contributed by atoms with E-state index in [9.17, 15) is 39.6 Å². The molecule has 0 spiro atoms. The Kier molecular flexibility index (Phi) is 6.46. The van der Waals surface area contributed by atoms with Crippen LogP contribution in [0.1, 0.15) is 27.3 Å². The number of primary sulfonamides is 1. The quantitative estimate of drug-likeness (QED) is 0.333. The zero-order valence-corrected chi connectivity index (χ0v) is 20.3. The normalized spacial score (nSPS) is 12.8. The minimum absolute atomic E-state index is 0.0124. The highest BCUT2D eigenvalue weighted by Crippen LogP contribution is 2.38. The standard InChI is InChI=1S/C19H11ClF6N6O3S2/c1-7-16(37(27,34)35)36-17(29-7)31-15(33)9-6-28-32-13(19(24,25)26)5-12(30-14(9)32)8-2-3-10(11(20)4-8)18(21,22)23/h2-6H,1H3,(H2,27,34,35)(H,29,31,33). The summed E-state index contributed by atoms with van der Waals surface area (Å²) in [5, 5.41) is 9.91. The molecule has 1 aromatic carbocycles. The number of thiazole rings is 1. The predicted octanol–water partition coefficient (Wildman–Crippen LogP) is 4.75. The average Bonchev–Trinajstić information content (AvgIpc) is 3.34. The lowest BCUT2D eigenvalue weighted by Crippen LogP contribution is -2.16. The highest BCUT2D eigenvalue weighted by Gasteiger charge is 2.37. The van der Waals surface area contributed by atoms with Gasteiger partial charge in [-0.2, -0.15) is 31.4 Å². The van der Waals surface area contributed by atoms with Crippen molar-refractivity contribution in [3.8, 4) is 11.3 Å². The lowest BCUT2D eigenvalue weighted by Gasteiger charge is -2.13. The van der Waals surface area contributed by atoms with Crippen LogP contribution >= 0.6 is 22.9 Å². The number of alkyl halides is 6. The molecule has 4 aromatic rings. The average molecular weight is 585 g/mol. The molecule has 196 valence electrons. The number of rotatable bonds is 4. The second-order valence-electron chi connectivity index (χ2n) is 7.40. The smallest absolute Gasteiger partial charge is 0.298 e. The van der Waals surface area contributed by atoms with Crippen LogP contribution < -0.4 is 10.5 Å². The molecular formula is C19H11ClF6N6O3S2. The second-order valence-corrected chi connectivity index (χ2v) is 10.6. The van der Waals surface area contributed by atoms with Gasteiger partial charge in [0.15, 0.2) is 20.7 Å². The molecule has 0 aliphatic rings. The van der Waals surface area contributed by atoms with Gasteiger partial charge < -0.3 is 0 Å². The molecular weight excluding hydrogens is 574 g/mol. The number of carbonyl (C=O) groups excluding carboxylic acids is 1. The van der Waals surface area contributed by atoms with Crippen LogP contribution in [0.25, 0.3) is 16.9 Å². The van der Waals surface area contributed by atoms with E-state index in [0.717, 1.165) is 18.3 Å². The molecule has 0 atom stereocenters. The van der Waals surface area contributed by atoms with Gasteiger partial charge in [-0.05, 0) is 25.1 Å². The Hall–Kier alpha value is -3.28. The number of carbonyl (C=O) groups is 1. The first-order chi connectivity index (χ1) is 17.0. The number of fused-ring (bicyclic) bond motifs is 1. The van der Waals surface area contributed by atoms with Crippen LogP contribution in [-0.2, 0) is 22.4 Å². The fraction of sp³-hybridized carbons (Fsp3) is 0.158. The molecule has 3 aromatic heterocycles. The first kappa shape index (κ1) is 26.8. The fourth-order valence-corrected chi connectivity index (χ4v) is 5.38. The predicted molar refractivity (Wildman–Crippen MR) is 120 cm³/mol. The Labute approximate surface area is 211 Å². The van der Waals surface area contributed by atoms with E-state index >= 15 is 0 Å². The summed E-state index contributed by atoms with van der Waals surface area (Å²) in [6, 6.07) is 2.82. The summed E-state index contributed by atoms with van der Waals surface area (Å²) in [6.45, 7) is 1.32. The molecule has 0 aliphatic carbocycles. The summed E-state index contributed by atoms with van der Waals surface area (Å²) in [6.07, 6.45) is -9.00. The third-order valence-corrected chi connectivity index (χ3v) is 7.75. The van der Waals surface area contributed by atoms with Gasteiger partial charge in [0.05, 0.1) is 28.2 Å². The van der Waals surface area contributed by atoms with Gasteiger partial charge in [0.2, 0.25) is 10.0 Å². The monoisotopic (exact) mass is 584 g/mol. The number of anilines is 1. The van der Waals surface area contributed by atoms with Crippen molar-refractivity contribution < 1.29 is 39.6 Å². The molecule has 37 heavy (non-hydrogen) atoms. The summed E-state index contributed by atoms with van der Waals surface area (Å²) in [5.74, 6) is -1.03. The third kappa shape index (κ3) is 5.25. The van der Waals surface area contributed by atoms with Crippen molar-refractivity contribution in [3.63, 3.8) is 0 Å². The van der Waals surface area contributed by atoms with Gasteiger partial charge in [0, 0.05) is 5.56 Å². The van der Waals surface area contributed by atoms with Gasteiger partial charge in [-0.1, -0.05) is 29.0 Å².